The molecule has 1 atom stereocenters. The average molecular weight is 173 g/mol. The maximum absolute atomic E-state index is 10.8. The molecule has 0 spiro atoms. The van der Waals surface area contributed by atoms with E-state index in [2.05, 4.69) is 10.6 Å². The Hall–Kier alpha value is -1.10. The Morgan fingerprint density at radius 3 is 2.25 bits per heavy atom. The Balaban J connectivity index is 3.32. The lowest BCUT2D eigenvalue weighted by Crippen LogP contribution is -2.41. The Morgan fingerprint density at radius 1 is 1.33 bits per heavy atom. The van der Waals surface area contributed by atoms with Gasteiger partial charge in [0.05, 0.1) is 6.04 Å². The fourth-order valence-electron chi connectivity index (χ4n) is 0.585. The molecule has 1 unspecified atom stereocenters. The number of rotatable bonds is 4. The monoisotopic (exact) mass is 173 g/mol. The Labute approximate surface area is 71.7 Å². The summed E-state index contributed by atoms with van der Waals surface area (Å²) < 4.78 is 0. The Kier molecular flexibility index (Phi) is 5.03. The summed E-state index contributed by atoms with van der Waals surface area (Å²) in [5.74, 6) is -0.314. The second-order valence-electron chi connectivity index (χ2n) is 2.56. The van der Waals surface area contributed by atoms with Gasteiger partial charge in [-0.3, -0.25) is 9.59 Å². The third-order valence-corrected chi connectivity index (χ3v) is 1.21. The van der Waals surface area contributed by atoms with Crippen molar-refractivity contribution in [3.8, 4) is 0 Å². The highest BCUT2D eigenvalue weighted by atomic mass is 16.2. The zero-order valence-corrected chi connectivity index (χ0v) is 7.39. The summed E-state index contributed by atoms with van der Waals surface area (Å²) in [6.45, 7) is 3.88. The molecule has 0 saturated heterocycles. The zero-order valence-electron chi connectivity index (χ0n) is 7.39. The minimum absolute atomic E-state index is 0.106. The first-order valence-corrected chi connectivity index (χ1v) is 3.81. The van der Waals surface area contributed by atoms with Crippen LogP contribution in [-0.4, -0.2) is 30.9 Å². The van der Waals surface area contributed by atoms with Crippen LogP contribution in [0.25, 0.3) is 0 Å². The van der Waals surface area contributed by atoms with Gasteiger partial charge in [-0.2, -0.15) is 0 Å². The minimum Gasteiger partial charge on any atom is -0.355 e. The SMILES string of the molecule is CC(=O)NCCNC(=O)C(C)N. The quantitative estimate of drug-likeness (QED) is 0.456. The van der Waals surface area contributed by atoms with Gasteiger partial charge in [-0.1, -0.05) is 0 Å². The van der Waals surface area contributed by atoms with Gasteiger partial charge in [-0.25, -0.2) is 0 Å². The highest BCUT2D eigenvalue weighted by molar-refractivity contribution is 5.81. The number of carbonyl (C=O) groups excluding carboxylic acids is 2. The van der Waals surface area contributed by atoms with Crippen molar-refractivity contribution in [1.82, 2.24) is 10.6 Å². The molecule has 12 heavy (non-hydrogen) atoms. The average Bonchev–Trinajstić information content (AvgIpc) is 1.97. The normalized spacial score (nSPS) is 11.9. The number of hydrogen-bond donors (Lipinski definition) is 3. The summed E-state index contributed by atoms with van der Waals surface area (Å²) in [7, 11) is 0. The fourth-order valence-corrected chi connectivity index (χ4v) is 0.585. The predicted molar refractivity (Wildman–Crippen MR) is 45.3 cm³/mol. The third kappa shape index (κ3) is 5.67. The summed E-state index contributed by atoms with van der Waals surface area (Å²) in [6, 6.07) is -0.498. The van der Waals surface area contributed by atoms with E-state index in [4.69, 9.17) is 5.73 Å². The van der Waals surface area contributed by atoms with Crippen molar-refractivity contribution >= 4 is 11.8 Å². The van der Waals surface area contributed by atoms with Gasteiger partial charge in [0.1, 0.15) is 0 Å². The first-order chi connectivity index (χ1) is 5.54. The topological polar surface area (TPSA) is 84.2 Å². The van der Waals surface area contributed by atoms with Gasteiger partial charge in [0.2, 0.25) is 11.8 Å². The van der Waals surface area contributed by atoms with Crippen LogP contribution in [0.1, 0.15) is 13.8 Å². The molecule has 0 aliphatic carbocycles. The predicted octanol–water partition coefficient (Wildman–Crippen LogP) is -1.41. The molecule has 0 saturated carbocycles. The molecule has 0 bridgehead atoms. The van der Waals surface area contributed by atoms with E-state index in [1.54, 1.807) is 6.92 Å². The summed E-state index contributed by atoms with van der Waals surface area (Å²) in [5.41, 5.74) is 5.28. The van der Waals surface area contributed by atoms with Crippen LogP contribution < -0.4 is 16.4 Å². The molecule has 70 valence electrons. The molecule has 2 amide bonds. The highest BCUT2D eigenvalue weighted by Gasteiger charge is 2.04. The standard InChI is InChI=1S/C7H15N3O2/c1-5(8)7(12)10-4-3-9-6(2)11/h5H,3-4,8H2,1-2H3,(H,9,11)(H,10,12). The molecular formula is C7H15N3O2. The van der Waals surface area contributed by atoms with E-state index in [9.17, 15) is 9.59 Å². The third-order valence-electron chi connectivity index (χ3n) is 1.21. The molecular weight excluding hydrogens is 158 g/mol. The first-order valence-electron chi connectivity index (χ1n) is 3.81. The van der Waals surface area contributed by atoms with E-state index < -0.39 is 6.04 Å². The van der Waals surface area contributed by atoms with Gasteiger partial charge >= 0.3 is 0 Å². The molecule has 0 aliphatic heterocycles. The van der Waals surface area contributed by atoms with Crippen LogP contribution in [0.4, 0.5) is 0 Å². The van der Waals surface area contributed by atoms with Crippen LogP contribution in [-0.2, 0) is 9.59 Å². The maximum Gasteiger partial charge on any atom is 0.236 e. The molecule has 5 nitrogen and oxygen atoms in total. The molecule has 0 fully saturated rings. The van der Waals surface area contributed by atoms with E-state index >= 15 is 0 Å². The van der Waals surface area contributed by atoms with Crippen molar-refractivity contribution in [2.24, 2.45) is 5.73 Å². The fraction of sp³-hybridized carbons (Fsp3) is 0.714. The molecule has 0 aromatic heterocycles. The van der Waals surface area contributed by atoms with Crippen LogP contribution in [0.15, 0.2) is 0 Å². The molecule has 5 heteroatoms. The number of hydrogen-bond acceptors (Lipinski definition) is 3. The van der Waals surface area contributed by atoms with E-state index in [-0.39, 0.29) is 11.8 Å². The lowest BCUT2D eigenvalue weighted by atomic mass is 10.3. The largest absolute Gasteiger partial charge is 0.355 e. The van der Waals surface area contributed by atoms with E-state index in [1.165, 1.54) is 6.92 Å². The van der Waals surface area contributed by atoms with Crippen LogP contribution in [0.2, 0.25) is 0 Å². The molecule has 0 radical (unpaired) electrons. The van der Waals surface area contributed by atoms with Crippen LogP contribution in [0, 0.1) is 0 Å². The van der Waals surface area contributed by atoms with Gasteiger partial charge < -0.3 is 16.4 Å². The molecule has 0 heterocycles. The van der Waals surface area contributed by atoms with Crippen molar-refractivity contribution in [3.63, 3.8) is 0 Å². The van der Waals surface area contributed by atoms with Gasteiger partial charge in [0, 0.05) is 20.0 Å². The second kappa shape index (κ2) is 5.54. The molecule has 0 aliphatic rings. The minimum atomic E-state index is -0.498. The maximum atomic E-state index is 10.8. The lowest BCUT2D eigenvalue weighted by molar-refractivity contribution is -0.122. The summed E-state index contributed by atoms with van der Waals surface area (Å²) >= 11 is 0. The number of carbonyl (C=O) groups is 2. The lowest BCUT2D eigenvalue weighted by Gasteiger charge is -2.07. The highest BCUT2D eigenvalue weighted by Crippen LogP contribution is 1.72. The first kappa shape index (κ1) is 10.9. The summed E-state index contributed by atoms with van der Waals surface area (Å²) in [4.78, 5) is 21.2. The second-order valence-corrected chi connectivity index (χ2v) is 2.56. The van der Waals surface area contributed by atoms with Crippen molar-refractivity contribution in [2.75, 3.05) is 13.1 Å². The smallest absolute Gasteiger partial charge is 0.236 e. The van der Waals surface area contributed by atoms with Gasteiger partial charge in [-0.15, -0.1) is 0 Å². The van der Waals surface area contributed by atoms with Crippen molar-refractivity contribution < 1.29 is 9.59 Å². The summed E-state index contributed by atoms with van der Waals surface area (Å²) in [6.07, 6.45) is 0. The number of nitrogens with one attached hydrogen (secondary N) is 2. The van der Waals surface area contributed by atoms with Crippen LogP contribution in [0.3, 0.4) is 0 Å². The number of amides is 2. The van der Waals surface area contributed by atoms with Crippen molar-refractivity contribution in [2.45, 2.75) is 19.9 Å². The molecule has 0 aromatic carbocycles. The van der Waals surface area contributed by atoms with Gasteiger partial charge in [0.15, 0.2) is 0 Å². The summed E-state index contributed by atoms with van der Waals surface area (Å²) in [5, 5.41) is 5.10. The zero-order chi connectivity index (χ0) is 9.56. The van der Waals surface area contributed by atoms with E-state index in [0.717, 1.165) is 0 Å². The van der Waals surface area contributed by atoms with Gasteiger partial charge in [0.25, 0.3) is 0 Å². The van der Waals surface area contributed by atoms with Gasteiger partial charge in [-0.05, 0) is 6.92 Å². The van der Waals surface area contributed by atoms with E-state index in [0.29, 0.717) is 13.1 Å². The molecule has 0 rings (SSSR count). The van der Waals surface area contributed by atoms with Crippen molar-refractivity contribution in [3.05, 3.63) is 0 Å². The number of nitrogens with two attached hydrogens (primary N) is 1. The van der Waals surface area contributed by atoms with E-state index in [1.807, 2.05) is 0 Å². The van der Waals surface area contributed by atoms with Crippen LogP contribution in [0.5, 0.6) is 0 Å². The molecule has 0 aromatic rings. The molecule has 4 N–H and O–H groups in total. The van der Waals surface area contributed by atoms with Crippen LogP contribution >= 0.6 is 0 Å². The Morgan fingerprint density at radius 2 is 1.83 bits per heavy atom. The van der Waals surface area contributed by atoms with Crippen molar-refractivity contribution in [1.29, 1.82) is 0 Å². The Bertz CT molecular complexity index is 168.